The predicted octanol–water partition coefficient (Wildman–Crippen LogP) is 3.07. The zero-order valence-electron chi connectivity index (χ0n) is 6.46. The molecule has 0 aliphatic rings. The maximum Gasteiger partial charge on any atom is 0.212 e. The molecule has 0 fully saturated rings. The number of pyridine rings is 1. The van der Waals surface area contributed by atoms with Gasteiger partial charge >= 0.3 is 0 Å². The fourth-order valence-electron chi connectivity index (χ4n) is 0.709. The highest BCUT2D eigenvalue weighted by Crippen LogP contribution is 2.24. The topological polar surface area (TPSA) is 12.9 Å². The molecule has 0 unspecified atom stereocenters. The monoisotopic (exact) mass is 181 g/mol. The second-order valence-corrected chi connectivity index (χ2v) is 3.14. The first-order chi connectivity index (χ1) is 5.74. The molecule has 62 valence electrons. The number of rotatable bonds is 3. The smallest absolute Gasteiger partial charge is 0.212 e. The SMILES string of the molecule is C=CSC(=C)c1ccc(F)nc1. The molecule has 1 aromatic rings. The summed E-state index contributed by atoms with van der Waals surface area (Å²) in [7, 11) is 0. The third kappa shape index (κ3) is 2.20. The minimum atomic E-state index is -0.477. The van der Waals surface area contributed by atoms with Crippen LogP contribution in [0.3, 0.4) is 0 Å². The van der Waals surface area contributed by atoms with E-state index in [1.54, 1.807) is 11.5 Å². The third-order valence-electron chi connectivity index (χ3n) is 1.27. The number of halogens is 1. The van der Waals surface area contributed by atoms with E-state index in [1.165, 1.54) is 24.0 Å². The van der Waals surface area contributed by atoms with Gasteiger partial charge in [-0.3, -0.25) is 0 Å². The number of hydrogen-bond donors (Lipinski definition) is 0. The number of nitrogens with zero attached hydrogens (tertiary/aromatic N) is 1. The van der Waals surface area contributed by atoms with E-state index in [0.717, 1.165) is 10.5 Å². The molecule has 1 rings (SSSR count). The molecule has 0 aromatic carbocycles. The minimum Gasteiger partial charge on any atom is -0.228 e. The summed E-state index contributed by atoms with van der Waals surface area (Å²) in [5.74, 6) is -0.477. The minimum absolute atomic E-state index is 0.477. The molecule has 0 radical (unpaired) electrons. The lowest BCUT2D eigenvalue weighted by molar-refractivity contribution is 0.583. The molecular formula is C9H8FNS. The highest BCUT2D eigenvalue weighted by atomic mass is 32.2. The Labute approximate surface area is 75.0 Å². The molecule has 0 amide bonds. The first kappa shape index (κ1) is 9.00. The van der Waals surface area contributed by atoms with Gasteiger partial charge in [-0.25, -0.2) is 4.98 Å². The molecule has 0 aliphatic heterocycles. The van der Waals surface area contributed by atoms with Crippen LogP contribution in [0.2, 0.25) is 0 Å². The Morgan fingerprint density at radius 2 is 2.33 bits per heavy atom. The van der Waals surface area contributed by atoms with Gasteiger partial charge in [-0.05, 0) is 17.5 Å². The molecular weight excluding hydrogens is 173 g/mol. The normalized spacial score (nSPS) is 9.42. The molecule has 12 heavy (non-hydrogen) atoms. The molecule has 1 nitrogen and oxygen atoms in total. The van der Waals surface area contributed by atoms with Gasteiger partial charge in [0.2, 0.25) is 5.95 Å². The van der Waals surface area contributed by atoms with Crippen molar-refractivity contribution in [1.29, 1.82) is 0 Å². The predicted molar refractivity (Wildman–Crippen MR) is 51.0 cm³/mol. The number of aromatic nitrogens is 1. The van der Waals surface area contributed by atoms with Crippen molar-refractivity contribution in [1.82, 2.24) is 4.98 Å². The molecule has 0 atom stereocenters. The molecule has 0 spiro atoms. The standard InChI is InChI=1S/C9H8FNS/c1-3-12-7(2)8-4-5-9(10)11-6-8/h3-6H,1-2H2. The third-order valence-corrected chi connectivity index (χ3v) is 1.96. The average Bonchev–Trinajstić information content (AvgIpc) is 2.06. The van der Waals surface area contributed by atoms with Gasteiger partial charge in [0.1, 0.15) is 0 Å². The molecule has 0 bridgehead atoms. The Balaban J connectivity index is 2.82. The highest BCUT2D eigenvalue weighted by molar-refractivity contribution is 8.10. The summed E-state index contributed by atoms with van der Waals surface area (Å²) in [6, 6.07) is 2.95. The van der Waals surface area contributed by atoms with Crippen molar-refractivity contribution in [2.45, 2.75) is 0 Å². The Kier molecular flexibility index (Phi) is 3.05. The lowest BCUT2D eigenvalue weighted by atomic mass is 10.3. The summed E-state index contributed by atoms with van der Waals surface area (Å²) in [6.45, 7) is 7.32. The zero-order chi connectivity index (χ0) is 8.97. The molecule has 0 saturated heterocycles. The van der Waals surface area contributed by atoms with Gasteiger partial charge in [-0.2, -0.15) is 4.39 Å². The van der Waals surface area contributed by atoms with Crippen molar-refractivity contribution in [3.63, 3.8) is 0 Å². The first-order valence-electron chi connectivity index (χ1n) is 3.32. The fraction of sp³-hybridized carbons (Fsp3) is 0. The highest BCUT2D eigenvalue weighted by Gasteiger charge is 1.97. The van der Waals surface area contributed by atoms with Gasteiger partial charge in [0, 0.05) is 16.7 Å². The molecule has 0 saturated carbocycles. The second kappa shape index (κ2) is 4.07. The van der Waals surface area contributed by atoms with Crippen molar-refractivity contribution in [2.24, 2.45) is 0 Å². The van der Waals surface area contributed by atoms with E-state index in [-0.39, 0.29) is 0 Å². The van der Waals surface area contributed by atoms with E-state index in [9.17, 15) is 4.39 Å². The van der Waals surface area contributed by atoms with Gasteiger partial charge in [-0.1, -0.05) is 24.9 Å². The van der Waals surface area contributed by atoms with Crippen molar-refractivity contribution in [3.8, 4) is 0 Å². The molecule has 1 heterocycles. The largest absolute Gasteiger partial charge is 0.228 e. The zero-order valence-corrected chi connectivity index (χ0v) is 7.27. The first-order valence-corrected chi connectivity index (χ1v) is 4.20. The van der Waals surface area contributed by atoms with Crippen LogP contribution < -0.4 is 0 Å². The summed E-state index contributed by atoms with van der Waals surface area (Å²) in [5.41, 5.74) is 0.821. The van der Waals surface area contributed by atoms with Crippen LogP contribution in [-0.2, 0) is 0 Å². The van der Waals surface area contributed by atoms with Crippen LogP contribution >= 0.6 is 11.8 Å². The van der Waals surface area contributed by atoms with Gasteiger partial charge in [0.15, 0.2) is 0 Å². The Morgan fingerprint density at radius 1 is 1.58 bits per heavy atom. The summed E-state index contributed by atoms with van der Waals surface area (Å²) in [6.07, 6.45) is 1.45. The summed E-state index contributed by atoms with van der Waals surface area (Å²) < 4.78 is 12.4. The lowest BCUT2D eigenvalue weighted by Crippen LogP contribution is -1.83. The van der Waals surface area contributed by atoms with Crippen LogP contribution in [0.1, 0.15) is 5.56 Å². The van der Waals surface area contributed by atoms with Gasteiger partial charge in [0.25, 0.3) is 0 Å². The van der Waals surface area contributed by atoms with Crippen molar-refractivity contribution in [2.75, 3.05) is 0 Å². The van der Waals surface area contributed by atoms with Crippen molar-refractivity contribution < 1.29 is 4.39 Å². The van der Waals surface area contributed by atoms with Gasteiger partial charge in [-0.15, -0.1) is 0 Å². The molecule has 0 N–H and O–H groups in total. The maximum absolute atomic E-state index is 12.4. The Bertz CT molecular complexity index is 292. The quantitative estimate of drug-likeness (QED) is 0.665. The van der Waals surface area contributed by atoms with Crippen LogP contribution in [-0.4, -0.2) is 4.98 Å². The average molecular weight is 181 g/mol. The van der Waals surface area contributed by atoms with Crippen LogP contribution in [0.5, 0.6) is 0 Å². The molecule has 0 aliphatic carbocycles. The van der Waals surface area contributed by atoms with Crippen LogP contribution in [0.25, 0.3) is 4.91 Å². The van der Waals surface area contributed by atoms with Crippen LogP contribution in [0, 0.1) is 5.95 Å². The summed E-state index contributed by atoms with van der Waals surface area (Å²) in [4.78, 5) is 4.32. The lowest BCUT2D eigenvalue weighted by Gasteiger charge is -1.99. The fourth-order valence-corrected chi connectivity index (χ4v) is 1.17. The van der Waals surface area contributed by atoms with E-state index >= 15 is 0 Å². The summed E-state index contributed by atoms with van der Waals surface area (Å²) in [5, 5.41) is 1.67. The summed E-state index contributed by atoms with van der Waals surface area (Å²) >= 11 is 1.40. The van der Waals surface area contributed by atoms with Crippen LogP contribution in [0.4, 0.5) is 4.39 Å². The molecule has 3 heteroatoms. The maximum atomic E-state index is 12.4. The van der Waals surface area contributed by atoms with Gasteiger partial charge in [0.05, 0.1) is 0 Å². The number of thioether (sulfide) groups is 1. The number of hydrogen-bond acceptors (Lipinski definition) is 2. The van der Waals surface area contributed by atoms with E-state index in [0.29, 0.717) is 0 Å². The molecule has 1 aromatic heterocycles. The van der Waals surface area contributed by atoms with Crippen molar-refractivity contribution >= 4 is 16.7 Å². The Hall–Kier alpha value is -1.09. The van der Waals surface area contributed by atoms with E-state index < -0.39 is 5.95 Å². The van der Waals surface area contributed by atoms with Crippen molar-refractivity contribution in [3.05, 3.63) is 48.4 Å². The van der Waals surface area contributed by atoms with Crippen LogP contribution in [0.15, 0.2) is 36.9 Å². The Morgan fingerprint density at radius 3 is 2.83 bits per heavy atom. The van der Waals surface area contributed by atoms with Gasteiger partial charge < -0.3 is 0 Å². The van der Waals surface area contributed by atoms with E-state index in [2.05, 4.69) is 18.1 Å². The van der Waals surface area contributed by atoms with E-state index in [1.807, 2.05) is 0 Å². The second-order valence-electron chi connectivity index (χ2n) is 2.08. The van der Waals surface area contributed by atoms with E-state index in [4.69, 9.17) is 0 Å².